The number of hydrogen-bond donors (Lipinski definition) is 1. The van der Waals surface area contributed by atoms with E-state index in [9.17, 15) is 9.90 Å². The zero-order chi connectivity index (χ0) is 19.4. The minimum Gasteiger partial charge on any atom is -0.507 e. The van der Waals surface area contributed by atoms with E-state index in [4.69, 9.17) is 0 Å². The van der Waals surface area contributed by atoms with E-state index in [2.05, 4.69) is 60.3 Å². The van der Waals surface area contributed by atoms with Crippen LogP contribution in [-0.4, -0.2) is 35.4 Å². The molecule has 0 saturated carbocycles. The van der Waals surface area contributed by atoms with Gasteiger partial charge in [-0.25, -0.2) is 0 Å². The number of rotatable bonds is 7. The molecule has 0 bridgehead atoms. The average molecular weight is 428 g/mol. The summed E-state index contributed by atoms with van der Waals surface area (Å²) in [5.41, 5.74) is 1.98. The first kappa shape index (κ1) is 25.1. The molecule has 0 aliphatic heterocycles. The molecule has 0 aromatic heterocycles. The number of halogens is 1. The van der Waals surface area contributed by atoms with E-state index in [0.717, 1.165) is 37.1 Å². The summed E-state index contributed by atoms with van der Waals surface area (Å²) in [6.07, 6.45) is 2.09. The smallest absolute Gasteiger partial charge is 0.176 e. The molecule has 26 heavy (non-hydrogen) atoms. The lowest BCUT2D eigenvalue weighted by Crippen LogP contribution is -2.31. The van der Waals surface area contributed by atoms with Gasteiger partial charge in [0.2, 0.25) is 0 Å². The third-order valence-electron chi connectivity index (χ3n) is 4.49. The lowest BCUT2D eigenvalue weighted by molar-refractivity contribution is 0.0930. The third kappa shape index (κ3) is 6.70. The lowest BCUT2D eigenvalue weighted by Gasteiger charge is -2.28. The highest BCUT2D eigenvalue weighted by atomic mass is 79.9. The molecule has 1 aromatic carbocycles. The molecule has 0 atom stereocenters. The Balaban J connectivity index is 0.00000625. The molecule has 1 rings (SSSR count). The molecule has 0 fully saturated rings. The van der Waals surface area contributed by atoms with Crippen LogP contribution in [0.2, 0.25) is 0 Å². The van der Waals surface area contributed by atoms with Gasteiger partial charge in [-0.2, -0.15) is 0 Å². The first-order valence-electron chi connectivity index (χ1n) is 9.55. The van der Waals surface area contributed by atoms with Crippen molar-refractivity contribution in [2.45, 2.75) is 79.1 Å². The number of benzene rings is 1. The van der Waals surface area contributed by atoms with E-state index < -0.39 is 0 Å². The van der Waals surface area contributed by atoms with Crippen molar-refractivity contribution in [3.8, 4) is 5.75 Å². The standard InChI is InChI=1S/C22H37NO2.BrH/c1-9-11-23(12-10-2)15-19(24)16-13-17(21(3,4)5)20(25)18(14-16)22(6,7)8;/h13-14,25H,9-12,15H2,1-8H3;1H. The van der Waals surface area contributed by atoms with Gasteiger partial charge in [-0.3, -0.25) is 9.69 Å². The van der Waals surface area contributed by atoms with Gasteiger partial charge < -0.3 is 5.11 Å². The van der Waals surface area contributed by atoms with Crippen LogP contribution in [0.15, 0.2) is 12.1 Å². The number of carbonyl (C=O) groups is 1. The lowest BCUT2D eigenvalue weighted by atomic mass is 9.78. The van der Waals surface area contributed by atoms with Crippen LogP contribution in [0.4, 0.5) is 0 Å². The zero-order valence-electron chi connectivity index (χ0n) is 17.9. The Morgan fingerprint density at radius 3 is 1.62 bits per heavy atom. The molecule has 1 N–H and O–H groups in total. The van der Waals surface area contributed by atoms with Gasteiger partial charge in [-0.05, 0) is 48.9 Å². The second-order valence-corrected chi connectivity index (χ2v) is 9.12. The molecule has 4 heteroatoms. The van der Waals surface area contributed by atoms with Gasteiger partial charge in [0.15, 0.2) is 5.78 Å². The van der Waals surface area contributed by atoms with Gasteiger partial charge in [-0.1, -0.05) is 55.4 Å². The van der Waals surface area contributed by atoms with E-state index in [-0.39, 0.29) is 33.6 Å². The Labute approximate surface area is 170 Å². The predicted octanol–water partition coefficient (Wildman–Crippen LogP) is 5.87. The topological polar surface area (TPSA) is 40.5 Å². The van der Waals surface area contributed by atoms with Gasteiger partial charge in [0, 0.05) is 16.7 Å². The maximum atomic E-state index is 13.0. The van der Waals surface area contributed by atoms with Crippen molar-refractivity contribution in [1.29, 1.82) is 0 Å². The molecule has 0 spiro atoms. The number of Topliss-reactive ketones (excluding diaryl/α,β-unsaturated/α-hetero) is 1. The van der Waals surface area contributed by atoms with Crippen LogP contribution in [0.5, 0.6) is 5.75 Å². The van der Waals surface area contributed by atoms with Crippen molar-refractivity contribution in [1.82, 2.24) is 4.90 Å². The SMILES string of the molecule is Br.CCCN(CCC)CC(=O)c1cc(C(C)(C)C)c(O)c(C(C)(C)C)c1. The van der Waals surface area contributed by atoms with Gasteiger partial charge >= 0.3 is 0 Å². The summed E-state index contributed by atoms with van der Waals surface area (Å²) < 4.78 is 0. The Bertz CT molecular complexity index is 556. The monoisotopic (exact) mass is 427 g/mol. The summed E-state index contributed by atoms with van der Waals surface area (Å²) in [7, 11) is 0. The summed E-state index contributed by atoms with van der Waals surface area (Å²) in [4.78, 5) is 15.2. The van der Waals surface area contributed by atoms with Crippen molar-refractivity contribution in [3.05, 3.63) is 28.8 Å². The molecule has 3 nitrogen and oxygen atoms in total. The summed E-state index contributed by atoms with van der Waals surface area (Å²) in [5.74, 6) is 0.466. The van der Waals surface area contributed by atoms with E-state index in [0.29, 0.717) is 17.9 Å². The van der Waals surface area contributed by atoms with E-state index >= 15 is 0 Å². The highest BCUT2D eigenvalue weighted by Gasteiger charge is 2.28. The number of hydrogen-bond acceptors (Lipinski definition) is 3. The first-order chi connectivity index (χ1) is 11.4. The number of phenolic OH excluding ortho intramolecular Hbond substituents is 1. The molecule has 0 saturated heterocycles. The van der Waals surface area contributed by atoms with E-state index in [1.54, 1.807) is 0 Å². The van der Waals surface area contributed by atoms with Crippen LogP contribution in [0, 0.1) is 0 Å². The fraction of sp³-hybridized carbons (Fsp3) is 0.682. The van der Waals surface area contributed by atoms with Crippen LogP contribution in [-0.2, 0) is 10.8 Å². The molecule has 0 aliphatic rings. The molecular formula is C22H38BrNO2. The fourth-order valence-electron chi connectivity index (χ4n) is 3.14. The Kier molecular flexibility index (Phi) is 9.56. The number of nitrogens with zero attached hydrogens (tertiary/aromatic N) is 1. The number of carbonyl (C=O) groups excluding carboxylic acids is 1. The molecule has 0 amide bonds. The first-order valence-corrected chi connectivity index (χ1v) is 9.55. The summed E-state index contributed by atoms with van der Waals surface area (Å²) in [6.45, 7) is 19.0. The molecule has 0 unspecified atom stereocenters. The molecule has 150 valence electrons. The number of phenols is 1. The van der Waals surface area contributed by atoms with Crippen LogP contribution >= 0.6 is 17.0 Å². The molecule has 0 aliphatic carbocycles. The predicted molar refractivity (Wildman–Crippen MR) is 117 cm³/mol. The fourth-order valence-corrected chi connectivity index (χ4v) is 3.14. The van der Waals surface area contributed by atoms with Crippen LogP contribution in [0.3, 0.4) is 0 Å². The maximum absolute atomic E-state index is 13.0. The van der Waals surface area contributed by atoms with Gasteiger partial charge in [0.1, 0.15) is 5.75 Å². The summed E-state index contributed by atoms with van der Waals surface area (Å²) >= 11 is 0. The highest BCUT2D eigenvalue weighted by Crippen LogP contribution is 2.39. The van der Waals surface area contributed by atoms with E-state index in [1.807, 2.05) is 12.1 Å². The van der Waals surface area contributed by atoms with Crippen molar-refractivity contribution in [2.75, 3.05) is 19.6 Å². The van der Waals surface area contributed by atoms with Crippen LogP contribution in [0.25, 0.3) is 0 Å². The van der Waals surface area contributed by atoms with Gasteiger partial charge in [-0.15, -0.1) is 17.0 Å². The molecule has 0 radical (unpaired) electrons. The van der Waals surface area contributed by atoms with Crippen molar-refractivity contribution >= 4 is 22.8 Å². The average Bonchev–Trinajstić information content (AvgIpc) is 2.45. The van der Waals surface area contributed by atoms with Crippen LogP contribution < -0.4 is 0 Å². The Hall–Kier alpha value is -0.870. The number of aromatic hydroxyl groups is 1. The Morgan fingerprint density at radius 1 is 0.923 bits per heavy atom. The second-order valence-electron chi connectivity index (χ2n) is 9.12. The summed E-state index contributed by atoms with van der Waals surface area (Å²) in [5, 5.41) is 10.8. The largest absolute Gasteiger partial charge is 0.507 e. The summed E-state index contributed by atoms with van der Waals surface area (Å²) in [6, 6.07) is 3.78. The van der Waals surface area contributed by atoms with Gasteiger partial charge in [0.25, 0.3) is 0 Å². The molecule has 0 heterocycles. The maximum Gasteiger partial charge on any atom is 0.176 e. The molecular weight excluding hydrogens is 390 g/mol. The zero-order valence-corrected chi connectivity index (χ0v) is 19.6. The number of ketones is 1. The minimum atomic E-state index is -0.215. The Morgan fingerprint density at radius 2 is 1.31 bits per heavy atom. The second kappa shape index (κ2) is 9.89. The molecule has 1 aromatic rings. The van der Waals surface area contributed by atoms with Gasteiger partial charge in [0.05, 0.1) is 6.54 Å². The van der Waals surface area contributed by atoms with Crippen molar-refractivity contribution in [3.63, 3.8) is 0 Å². The quantitative estimate of drug-likeness (QED) is 0.552. The van der Waals surface area contributed by atoms with Crippen LogP contribution in [0.1, 0.15) is 89.7 Å². The third-order valence-corrected chi connectivity index (χ3v) is 4.49. The van der Waals surface area contributed by atoms with E-state index in [1.165, 1.54) is 0 Å². The van der Waals surface area contributed by atoms with Crippen molar-refractivity contribution in [2.24, 2.45) is 0 Å². The minimum absolute atomic E-state index is 0. The highest BCUT2D eigenvalue weighted by molar-refractivity contribution is 8.93. The normalized spacial score (nSPS) is 12.2. The van der Waals surface area contributed by atoms with Crippen molar-refractivity contribution < 1.29 is 9.90 Å².